The summed E-state index contributed by atoms with van der Waals surface area (Å²) >= 11 is 0. The van der Waals surface area contributed by atoms with Crippen molar-refractivity contribution in [3.05, 3.63) is 0 Å². The summed E-state index contributed by atoms with van der Waals surface area (Å²) in [5.74, 6) is -0.795. The summed E-state index contributed by atoms with van der Waals surface area (Å²) in [6.07, 6.45) is 2.22. The van der Waals surface area contributed by atoms with Crippen LogP contribution in [0.1, 0.15) is 33.6 Å². The summed E-state index contributed by atoms with van der Waals surface area (Å²) in [6.45, 7) is 5.72. The Hall–Kier alpha value is -0.610. The third-order valence-corrected chi connectivity index (χ3v) is 2.55. The molecule has 1 heterocycles. The first-order valence-electron chi connectivity index (χ1n) is 5.13. The molecule has 4 nitrogen and oxygen atoms in total. The van der Waals surface area contributed by atoms with Crippen LogP contribution >= 0.6 is 0 Å². The molecule has 82 valence electrons. The second kappa shape index (κ2) is 4.75. The van der Waals surface area contributed by atoms with Gasteiger partial charge in [-0.25, -0.2) is 0 Å². The number of carboxylic acid groups (broad SMARTS) is 1. The lowest BCUT2D eigenvalue weighted by Gasteiger charge is -2.33. The highest BCUT2D eigenvalue weighted by atomic mass is 16.5. The maximum absolute atomic E-state index is 10.6. The smallest absolute Gasteiger partial charge is 0.320 e. The van der Waals surface area contributed by atoms with Crippen LogP contribution in [0.5, 0.6) is 0 Å². The first-order chi connectivity index (χ1) is 6.49. The Labute approximate surface area is 84.6 Å². The van der Waals surface area contributed by atoms with Crippen LogP contribution in [0.2, 0.25) is 0 Å². The number of ether oxygens (including phenoxy) is 1. The predicted molar refractivity (Wildman–Crippen MR) is 53.3 cm³/mol. The minimum atomic E-state index is -0.795. The molecule has 3 atom stereocenters. The highest BCUT2D eigenvalue weighted by molar-refractivity contribution is 5.72. The van der Waals surface area contributed by atoms with Gasteiger partial charge in [0, 0.05) is 6.04 Å². The van der Waals surface area contributed by atoms with Crippen LogP contribution in [-0.2, 0) is 9.53 Å². The molecule has 0 aromatic rings. The largest absolute Gasteiger partial charge is 0.480 e. The van der Waals surface area contributed by atoms with Crippen molar-refractivity contribution in [1.29, 1.82) is 0 Å². The maximum atomic E-state index is 10.6. The Bertz CT molecular complexity index is 198. The van der Waals surface area contributed by atoms with Gasteiger partial charge in [-0.3, -0.25) is 4.79 Å². The van der Waals surface area contributed by atoms with Crippen molar-refractivity contribution in [1.82, 2.24) is 5.32 Å². The zero-order valence-corrected chi connectivity index (χ0v) is 8.99. The number of hydrogen-bond acceptors (Lipinski definition) is 3. The van der Waals surface area contributed by atoms with E-state index < -0.39 is 12.0 Å². The van der Waals surface area contributed by atoms with Gasteiger partial charge < -0.3 is 15.2 Å². The van der Waals surface area contributed by atoms with Gasteiger partial charge in [0.25, 0.3) is 0 Å². The number of carboxylic acids is 1. The number of aliphatic carboxylic acids is 1. The van der Waals surface area contributed by atoms with Crippen LogP contribution in [0.15, 0.2) is 0 Å². The normalized spacial score (nSPS) is 35.2. The lowest BCUT2D eigenvalue weighted by atomic mass is 9.99. The average molecular weight is 201 g/mol. The van der Waals surface area contributed by atoms with E-state index in [2.05, 4.69) is 5.32 Å². The van der Waals surface area contributed by atoms with Gasteiger partial charge in [-0.1, -0.05) is 0 Å². The van der Waals surface area contributed by atoms with Crippen LogP contribution in [-0.4, -0.2) is 35.4 Å². The second-order valence-electron chi connectivity index (χ2n) is 4.15. The molecule has 4 heteroatoms. The third kappa shape index (κ3) is 3.27. The average Bonchev–Trinajstić information content (AvgIpc) is 2.01. The molecular formula is C10H19NO3. The van der Waals surface area contributed by atoms with Gasteiger partial charge in [0.15, 0.2) is 0 Å². The molecule has 2 unspecified atom stereocenters. The molecule has 1 aliphatic rings. The van der Waals surface area contributed by atoms with E-state index in [1.54, 1.807) is 6.92 Å². The first kappa shape index (κ1) is 11.5. The van der Waals surface area contributed by atoms with Gasteiger partial charge in [-0.15, -0.1) is 0 Å². The van der Waals surface area contributed by atoms with Crippen molar-refractivity contribution < 1.29 is 14.6 Å². The van der Waals surface area contributed by atoms with Gasteiger partial charge in [0.1, 0.15) is 6.04 Å². The fourth-order valence-electron chi connectivity index (χ4n) is 1.97. The Kier molecular flexibility index (Phi) is 3.89. The van der Waals surface area contributed by atoms with E-state index in [0.29, 0.717) is 0 Å². The molecular weight excluding hydrogens is 182 g/mol. The molecule has 1 fully saturated rings. The first-order valence-corrected chi connectivity index (χ1v) is 5.13. The standard InChI is InChI=1S/C10H19NO3/c1-6-4-9(5-7(2)14-6)11-8(3)10(12)13/h6-9,11H,4-5H2,1-3H3,(H,12,13)/t6?,7?,8-,9?/m1/s1. The predicted octanol–water partition coefficient (Wildman–Crippen LogP) is 1.01. The zero-order valence-electron chi connectivity index (χ0n) is 8.99. The summed E-state index contributed by atoms with van der Waals surface area (Å²) in [4.78, 5) is 10.6. The fourth-order valence-corrected chi connectivity index (χ4v) is 1.97. The van der Waals surface area contributed by atoms with Crippen LogP contribution in [0.3, 0.4) is 0 Å². The Morgan fingerprint density at radius 3 is 2.36 bits per heavy atom. The second-order valence-corrected chi connectivity index (χ2v) is 4.15. The molecule has 0 spiro atoms. The molecule has 0 aromatic heterocycles. The minimum absolute atomic E-state index is 0.220. The molecule has 1 rings (SSSR count). The third-order valence-electron chi connectivity index (χ3n) is 2.55. The van der Waals surface area contributed by atoms with Crippen LogP contribution in [0, 0.1) is 0 Å². The SMILES string of the molecule is CC1CC(N[C@H](C)C(=O)O)CC(C)O1. The van der Waals surface area contributed by atoms with Gasteiger partial charge in [-0.2, -0.15) is 0 Å². The quantitative estimate of drug-likeness (QED) is 0.715. The Morgan fingerprint density at radius 2 is 1.93 bits per heavy atom. The topological polar surface area (TPSA) is 58.6 Å². The summed E-state index contributed by atoms with van der Waals surface area (Å²) in [6, 6.07) is -0.211. The van der Waals surface area contributed by atoms with Crippen molar-refractivity contribution >= 4 is 5.97 Å². The van der Waals surface area contributed by atoms with Gasteiger partial charge in [0.2, 0.25) is 0 Å². The Morgan fingerprint density at radius 1 is 1.43 bits per heavy atom. The van der Waals surface area contributed by atoms with E-state index in [9.17, 15) is 4.79 Å². The van der Waals surface area contributed by atoms with Crippen LogP contribution in [0.4, 0.5) is 0 Å². The van der Waals surface area contributed by atoms with Crippen LogP contribution < -0.4 is 5.32 Å². The van der Waals surface area contributed by atoms with Gasteiger partial charge in [-0.05, 0) is 33.6 Å². The maximum Gasteiger partial charge on any atom is 0.320 e. The summed E-state index contributed by atoms with van der Waals surface area (Å²) in [5, 5.41) is 11.9. The van der Waals surface area contributed by atoms with E-state index in [1.807, 2.05) is 13.8 Å². The highest BCUT2D eigenvalue weighted by Crippen LogP contribution is 2.19. The number of nitrogens with one attached hydrogen (secondary N) is 1. The summed E-state index contributed by atoms with van der Waals surface area (Å²) in [7, 11) is 0. The molecule has 0 aliphatic carbocycles. The molecule has 0 bridgehead atoms. The molecule has 0 saturated carbocycles. The van der Waals surface area contributed by atoms with Gasteiger partial charge in [0.05, 0.1) is 12.2 Å². The van der Waals surface area contributed by atoms with E-state index in [1.165, 1.54) is 0 Å². The molecule has 2 N–H and O–H groups in total. The van der Waals surface area contributed by atoms with Gasteiger partial charge >= 0.3 is 5.97 Å². The van der Waals surface area contributed by atoms with E-state index in [4.69, 9.17) is 9.84 Å². The van der Waals surface area contributed by atoms with Crippen LogP contribution in [0.25, 0.3) is 0 Å². The molecule has 0 radical (unpaired) electrons. The molecule has 1 aliphatic heterocycles. The van der Waals surface area contributed by atoms with E-state index in [-0.39, 0.29) is 18.2 Å². The Balaban J connectivity index is 2.40. The van der Waals surface area contributed by atoms with Crippen molar-refractivity contribution in [3.8, 4) is 0 Å². The van der Waals surface area contributed by atoms with Crippen molar-refractivity contribution in [2.75, 3.05) is 0 Å². The fraction of sp³-hybridized carbons (Fsp3) is 0.900. The molecule has 0 aromatic carbocycles. The van der Waals surface area contributed by atoms with Crippen molar-refractivity contribution in [2.45, 2.75) is 57.9 Å². The van der Waals surface area contributed by atoms with E-state index >= 15 is 0 Å². The molecule has 14 heavy (non-hydrogen) atoms. The van der Waals surface area contributed by atoms with Crippen molar-refractivity contribution in [3.63, 3.8) is 0 Å². The molecule has 0 amide bonds. The molecule has 1 saturated heterocycles. The van der Waals surface area contributed by atoms with Crippen molar-refractivity contribution in [2.24, 2.45) is 0 Å². The number of hydrogen-bond donors (Lipinski definition) is 2. The lowest BCUT2D eigenvalue weighted by molar-refractivity contribution is -0.139. The lowest BCUT2D eigenvalue weighted by Crippen LogP contribution is -2.47. The summed E-state index contributed by atoms with van der Waals surface area (Å²) < 4.78 is 5.57. The highest BCUT2D eigenvalue weighted by Gasteiger charge is 2.26. The number of rotatable bonds is 3. The zero-order chi connectivity index (χ0) is 10.7. The monoisotopic (exact) mass is 201 g/mol. The number of carbonyl (C=O) groups is 1. The summed E-state index contributed by atoms with van der Waals surface area (Å²) in [5.41, 5.74) is 0. The minimum Gasteiger partial charge on any atom is -0.480 e. The van der Waals surface area contributed by atoms with E-state index in [0.717, 1.165) is 12.8 Å².